The smallest absolute Gasteiger partial charge is 0.225 e. The lowest BCUT2D eigenvalue weighted by Gasteiger charge is -2.19. The highest BCUT2D eigenvalue weighted by Crippen LogP contribution is 2.16. The summed E-state index contributed by atoms with van der Waals surface area (Å²) >= 11 is 0. The van der Waals surface area contributed by atoms with Gasteiger partial charge in [-0.15, -0.1) is 0 Å². The van der Waals surface area contributed by atoms with Crippen LogP contribution in [-0.2, 0) is 0 Å². The molecule has 0 fully saturated rings. The van der Waals surface area contributed by atoms with Crippen molar-refractivity contribution in [3.63, 3.8) is 0 Å². The van der Waals surface area contributed by atoms with Crippen molar-refractivity contribution in [1.82, 2.24) is 9.97 Å². The third-order valence-electron chi connectivity index (χ3n) is 2.50. The first-order chi connectivity index (χ1) is 7.10. The molecule has 1 N–H and O–H groups in total. The van der Waals surface area contributed by atoms with E-state index in [9.17, 15) is 5.11 Å². The Labute approximate surface area is 91.0 Å². The minimum atomic E-state index is -0.504. The molecule has 0 saturated heterocycles. The predicted octanol–water partition coefficient (Wildman–Crippen LogP) is 1.68. The van der Waals surface area contributed by atoms with Gasteiger partial charge in [0.15, 0.2) is 0 Å². The molecule has 1 aromatic heterocycles. The summed E-state index contributed by atoms with van der Waals surface area (Å²) in [5, 5.41) is 9.45. The Balaban J connectivity index is 3.00. The van der Waals surface area contributed by atoms with E-state index in [1.54, 1.807) is 13.1 Å². The van der Waals surface area contributed by atoms with Gasteiger partial charge in [0, 0.05) is 30.5 Å². The Hall–Kier alpha value is -1.16. The lowest BCUT2D eigenvalue weighted by molar-refractivity contribution is 0.197. The van der Waals surface area contributed by atoms with Gasteiger partial charge in [-0.3, -0.25) is 0 Å². The van der Waals surface area contributed by atoms with E-state index in [1.807, 2.05) is 6.92 Å². The molecule has 1 atom stereocenters. The van der Waals surface area contributed by atoms with Gasteiger partial charge in [-0.2, -0.15) is 0 Å². The Morgan fingerprint density at radius 3 is 2.40 bits per heavy atom. The Morgan fingerprint density at radius 1 is 1.40 bits per heavy atom. The summed E-state index contributed by atoms with van der Waals surface area (Å²) in [6, 6.07) is 0. The van der Waals surface area contributed by atoms with Crippen LogP contribution < -0.4 is 4.90 Å². The zero-order valence-electron chi connectivity index (χ0n) is 9.86. The van der Waals surface area contributed by atoms with Gasteiger partial charge < -0.3 is 10.0 Å². The molecule has 1 rings (SSSR count). The monoisotopic (exact) mass is 209 g/mol. The zero-order valence-corrected chi connectivity index (χ0v) is 9.86. The van der Waals surface area contributed by atoms with E-state index < -0.39 is 6.10 Å². The van der Waals surface area contributed by atoms with Crippen LogP contribution in [0.5, 0.6) is 0 Å². The van der Waals surface area contributed by atoms with Gasteiger partial charge in [-0.25, -0.2) is 9.97 Å². The standard InChI is InChI=1S/C11H19N3O/c1-5-14(6-2)11-12-7-10(9(4)15)8(3)13-11/h7,9,15H,5-6H2,1-4H3/t9-/m0/s1. The molecule has 0 saturated carbocycles. The van der Waals surface area contributed by atoms with Crippen molar-refractivity contribution in [1.29, 1.82) is 0 Å². The fourth-order valence-corrected chi connectivity index (χ4v) is 1.53. The molecule has 4 nitrogen and oxygen atoms in total. The summed E-state index contributed by atoms with van der Waals surface area (Å²) < 4.78 is 0. The van der Waals surface area contributed by atoms with Gasteiger partial charge in [0.1, 0.15) is 0 Å². The fraction of sp³-hybridized carbons (Fsp3) is 0.636. The highest BCUT2D eigenvalue weighted by molar-refractivity contribution is 5.33. The maximum Gasteiger partial charge on any atom is 0.225 e. The molecule has 1 aromatic rings. The topological polar surface area (TPSA) is 49.2 Å². The van der Waals surface area contributed by atoms with Crippen LogP contribution in [0.15, 0.2) is 6.20 Å². The van der Waals surface area contributed by atoms with E-state index in [2.05, 4.69) is 28.7 Å². The van der Waals surface area contributed by atoms with Gasteiger partial charge in [0.25, 0.3) is 0 Å². The minimum absolute atomic E-state index is 0.504. The van der Waals surface area contributed by atoms with Crippen LogP contribution in [0.1, 0.15) is 38.1 Å². The van der Waals surface area contributed by atoms with Crippen LogP contribution in [0.25, 0.3) is 0 Å². The van der Waals surface area contributed by atoms with Crippen LogP contribution in [-0.4, -0.2) is 28.2 Å². The molecule has 0 spiro atoms. The molecule has 0 bridgehead atoms. The van der Waals surface area contributed by atoms with Gasteiger partial charge in [0.05, 0.1) is 6.10 Å². The molecule has 0 aliphatic heterocycles. The SMILES string of the molecule is CCN(CC)c1ncc([C@H](C)O)c(C)n1. The molecule has 4 heteroatoms. The van der Waals surface area contributed by atoms with Gasteiger partial charge >= 0.3 is 0 Å². The summed E-state index contributed by atoms with van der Waals surface area (Å²) in [4.78, 5) is 10.7. The van der Waals surface area contributed by atoms with Gasteiger partial charge in [0.2, 0.25) is 5.95 Å². The van der Waals surface area contributed by atoms with Crippen molar-refractivity contribution in [2.75, 3.05) is 18.0 Å². The molecular weight excluding hydrogens is 190 g/mol. The number of rotatable bonds is 4. The normalized spacial score (nSPS) is 12.6. The number of aromatic nitrogens is 2. The Morgan fingerprint density at radius 2 is 2.00 bits per heavy atom. The van der Waals surface area contributed by atoms with Gasteiger partial charge in [-0.05, 0) is 27.7 Å². The highest BCUT2D eigenvalue weighted by atomic mass is 16.3. The maximum atomic E-state index is 9.45. The van der Waals surface area contributed by atoms with E-state index in [0.29, 0.717) is 0 Å². The second-order valence-electron chi connectivity index (χ2n) is 3.56. The molecule has 15 heavy (non-hydrogen) atoms. The van der Waals surface area contributed by atoms with Crippen LogP contribution in [0.2, 0.25) is 0 Å². The van der Waals surface area contributed by atoms with Crippen molar-refractivity contribution in [3.05, 3.63) is 17.5 Å². The number of anilines is 1. The summed E-state index contributed by atoms with van der Waals surface area (Å²) in [5.41, 5.74) is 1.65. The number of aliphatic hydroxyl groups excluding tert-OH is 1. The number of aliphatic hydroxyl groups is 1. The average molecular weight is 209 g/mol. The van der Waals surface area contributed by atoms with Crippen molar-refractivity contribution >= 4 is 5.95 Å². The zero-order chi connectivity index (χ0) is 11.4. The lowest BCUT2D eigenvalue weighted by atomic mass is 10.1. The number of aryl methyl sites for hydroxylation is 1. The largest absolute Gasteiger partial charge is 0.389 e. The quantitative estimate of drug-likeness (QED) is 0.819. The van der Waals surface area contributed by atoms with Crippen LogP contribution in [0.3, 0.4) is 0 Å². The molecule has 0 aliphatic carbocycles. The molecule has 0 aliphatic rings. The number of nitrogens with zero attached hydrogens (tertiary/aromatic N) is 3. The van der Waals surface area contributed by atoms with E-state index in [-0.39, 0.29) is 0 Å². The first kappa shape index (κ1) is 11.9. The van der Waals surface area contributed by atoms with E-state index >= 15 is 0 Å². The molecule has 0 unspecified atom stereocenters. The molecular formula is C11H19N3O. The van der Waals surface area contributed by atoms with Crippen molar-refractivity contribution in [2.24, 2.45) is 0 Å². The molecule has 0 aromatic carbocycles. The second-order valence-corrected chi connectivity index (χ2v) is 3.56. The summed E-state index contributed by atoms with van der Waals surface area (Å²) in [6.45, 7) is 9.56. The first-order valence-corrected chi connectivity index (χ1v) is 5.36. The molecule has 0 radical (unpaired) electrons. The predicted molar refractivity (Wildman–Crippen MR) is 61.0 cm³/mol. The molecule has 84 valence electrons. The maximum absolute atomic E-state index is 9.45. The first-order valence-electron chi connectivity index (χ1n) is 5.36. The van der Waals surface area contributed by atoms with E-state index in [0.717, 1.165) is 30.3 Å². The fourth-order valence-electron chi connectivity index (χ4n) is 1.53. The average Bonchev–Trinajstić information content (AvgIpc) is 2.19. The molecule has 0 amide bonds. The van der Waals surface area contributed by atoms with Crippen LogP contribution in [0.4, 0.5) is 5.95 Å². The van der Waals surface area contributed by atoms with Crippen molar-refractivity contribution in [2.45, 2.75) is 33.8 Å². The van der Waals surface area contributed by atoms with Crippen LogP contribution in [0, 0.1) is 6.92 Å². The second kappa shape index (κ2) is 5.07. The lowest BCUT2D eigenvalue weighted by Crippen LogP contribution is -2.24. The Kier molecular flexibility index (Phi) is 4.03. The minimum Gasteiger partial charge on any atom is -0.389 e. The molecule has 1 heterocycles. The number of hydrogen-bond acceptors (Lipinski definition) is 4. The summed E-state index contributed by atoms with van der Waals surface area (Å²) in [5.74, 6) is 0.738. The Bertz CT molecular complexity index is 322. The van der Waals surface area contributed by atoms with Crippen molar-refractivity contribution < 1.29 is 5.11 Å². The number of hydrogen-bond donors (Lipinski definition) is 1. The third kappa shape index (κ3) is 2.65. The van der Waals surface area contributed by atoms with Crippen LogP contribution >= 0.6 is 0 Å². The van der Waals surface area contributed by atoms with E-state index in [4.69, 9.17) is 0 Å². The third-order valence-corrected chi connectivity index (χ3v) is 2.50. The summed E-state index contributed by atoms with van der Waals surface area (Å²) in [7, 11) is 0. The summed E-state index contributed by atoms with van der Waals surface area (Å²) in [6.07, 6.45) is 1.21. The van der Waals surface area contributed by atoms with Crippen molar-refractivity contribution in [3.8, 4) is 0 Å². The van der Waals surface area contributed by atoms with E-state index in [1.165, 1.54) is 0 Å². The highest BCUT2D eigenvalue weighted by Gasteiger charge is 2.10. The van der Waals surface area contributed by atoms with Gasteiger partial charge in [-0.1, -0.05) is 0 Å².